The molecule has 212 valence electrons. The molecule has 2 aromatic heterocycles. The van der Waals surface area contributed by atoms with Crippen LogP contribution < -0.4 is 5.73 Å². The number of nitrogen functional groups attached to an aromatic ring is 1. The summed E-state index contributed by atoms with van der Waals surface area (Å²) in [6, 6.07) is 0. The molecule has 5 N–H and O–H groups in total. The first-order valence-electron chi connectivity index (χ1n) is 15.4. The van der Waals surface area contributed by atoms with Gasteiger partial charge < -0.3 is 5.73 Å². The maximum Gasteiger partial charge on any atom is 0.213 e. The monoisotopic (exact) mass is 548 g/mol. The lowest BCUT2D eigenvalue weighted by Crippen LogP contribution is -2.64. The van der Waals surface area contributed by atoms with Crippen molar-refractivity contribution in [3.63, 3.8) is 0 Å². The van der Waals surface area contributed by atoms with Crippen molar-refractivity contribution in [3.05, 3.63) is 33.5 Å². The molecule has 0 aliphatic heterocycles. The molecule has 6 nitrogen and oxygen atoms in total. The minimum Gasteiger partial charge on any atom is -0.382 e. The topological polar surface area (TPSA) is 99.2 Å². The van der Waals surface area contributed by atoms with Crippen LogP contribution in [0.4, 0.5) is 5.82 Å². The molecule has 0 spiro atoms. The van der Waals surface area contributed by atoms with Gasteiger partial charge in [0.1, 0.15) is 11.6 Å². The van der Waals surface area contributed by atoms with Crippen LogP contribution in [0.2, 0.25) is 0 Å². The number of hydrogen-bond acceptors (Lipinski definition) is 4. The Labute approximate surface area is 238 Å². The number of rotatable bonds is 1. The van der Waals surface area contributed by atoms with E-state index in [-0.39, 0.29) is 27.1 Å². The molecule has 0 bridgehead atoms. The number of fused-ring (bicyclic) bond motifs is 8. The van der Waals surface area contributed by atoms with Gasteiger partial charge in [0.2, 0.25) is 4.77 Å². The third-order valence-electron chi connectivity index (χ3n) is 13.8. The SMILES string of the molecule is CC1(C)CC[C@]2(c3nc(=S)[nH][nH]3)CC[C@]3(C)C(=CCC4[C@@]5(C)Cc6c(N)n[nH]c6C(C)(C)C5CC[C@]43C)C2C1. The van der Waals surface area contributed by atoms with E-state index in [0.717, 1.165) is 12.2 Å². The van der Waals surface area contributed by atoms with E-state index < -0.39 is 0 Å². The standard InChI is InChI=1S/C32H48N6S/c1-27(2)12-14-32(25-34-26(39)38-37-25)15-13-30(6)19(20(32)17-27)8-9-22-29(5)16-18-23(35-36-24(18)33)28(3,4)21(29)10-11-31(22,30)7/h8,20-22H,9-17H2,1-7H3,(H3,33,35,36)(H2,34,37,38,39)/t20?,21?,22?,29-,30+,31+,32-/m0/s1. The second-order valence-corrected chi connectivity index (χ2v) is 16.6. The predicted octanol–water partition coefficient (Wildman–Crippen LogP) is 7.54. The van der Waals surface area contributed by atoms with Gasteiger partial charge in [0, 0.05) is 22.1 Å². The molecule has 3 fully saturated rings. The number of aromatic nitrogens is 5. The maximum atomic E-state index is 6.49. The highest BCUT2D eigenvalue weighted by molar-refractivity contribution is 7.71. The van der Waals surface area contributed by atoms with Crippen molar-refractivity contribution >= 4 is 18.0 Å². The zero-order valence-electron chi connectivity index (χ0n) is 25.1. The van der Waals surface area contributed by atoms with Crippen LogP contribution in [0.3, 0.4) is 0 Å². The zero-order chi connectivity index (χ0) is 27.8. The van der Waals surface area contributed by atoms with Crippen molar-refractivity contribution in [2.75, 3.05) is 5.73 Å². The summed E-state index contributed by atoms with van der Waals surface area (Å²) in [6.45, 7) is 17.8. The highest BCUT2D eigenvalue weighted by atomic mass is 32.1. The van der Waals surface area contributed by atoms with Crippen LogP contribution in [-0.4, -0.2) is 25.4 Å². The quantitative estimate of drug-likeness (QED) is 0.218. The molecule has 3 saturated carbocycles. The van der Waals surface area contributed by atoms with Gasteiger partial charge in [-0.2, -0.15) is 5.10 Å². The van der Waals surface area contributed by atoms with E-state index in [4.69, 9.17) is 22.9 Å². The van der Waals surface area contributed by atoms with E-state index in [0.29, 0.717) is 33.8 Å². The van der Waals surface area contributed by atoms with Crippen molar-refractivity contribution in [2.24, 2.45) is 39.4 Å². The van der Waals surface area contributed by atoms with Gasteiger partial charge in [-0.3, -0.25) is 15.3 Å². The number of allylic oxidation sites excluding steroid dienone is 2. The Balaban J connectivity index is 1.36. The summed E-state index contributed by atoms with van der Waals surface area (Å²) >= 11 is 5.46. The number of anilines is 1. The Hall–Kier alpha value is -1.89. The third kappa shape index (κ3) is 3.12. The molecule has 0 saturated heterocycles. The molecule has 0 amide bonds. The van der Waals surface area contributed by atoms with Gasteiger partial charge >= 0.3 is 0 Å². The number of H-pyrrole nitrogens is 3. The molecular weight excluding hydrogens is 500 g/mol. The second-order valence-electron chi connectivity index (χ2n) is 16.2. The van der Waals surface area contributed by atoms with Crippen LogP contribution in [0.15, 0.2) is 11.6 Å². The van der Waals surface area contributed by atoms with Crippen LogP contribution in [0.25, 0.3) is 0 Å². The van der Waals surface area contributed by atoms with Crippen LogP contribution in [0.1, 0.15) is 117 Å². The van der Waals surface area contributed by atoms with E-state index in [1.54, 1.807) is 5.57 Å². The van der Waals surface area contributed by atoms with Gasteiger partial charge in [-0.05, 0) is 109 Å². The average molecular weight is 549 g/mol. The molecule has 5 aliphatic carbocycles. The van der Waals surface area contributed by atoms with E-state index in [2.05, 4.69) is 74.9 Å². The van der Waals surface area contributed by atoms with Crippen molar-refractivity contribution in [1.82, 2.24) is 25.4 Å². The second kappa shape index (κ2) is 7.68. The Morgan fingerprint density at radius 2 is 1.69 bits per heavy atom. The van der Waals surface area contributed by atoms with Gasteiger partial charge in [-0.25, -0.2) is 4.98 Å². The molecule has 7 rings (SSSR count). The molecular formula is C32H48N6S. The third-order valence-corrected chi connectivity index (χ3v) is 14.0. The first kappa shape index (κ1) is 26.0. The molecule has 0 aromatic carbocycles. The molecule has 3 unspecified atom stereocenters. The summed E-state index contributed by atoms with van der Waals surface area (Å²) in [5.74, 6) is 3.58. The number of hydrogen-bond donors (Lipinski definition) is 4. The van der Waals surface area contributed by atoms with Gasteiger partial charge in [-0.1, -0.05) is 60.1 Å². The van der Waals surface area contributed by atoms with E-state index in [9.17, 15) is 0 Å². The fraction of sp³-hybridized carbons (Fsp3) is 0.781. The minimum atomic E-state index is 0.0476. The lowest BCUT2D eigenvalue weighted by molar-refractivity contribution is -0.155. The minimum absolute atomic E-state index is 0.0476. The van der Waals surface area contributed by atoms with Gasteiger partial charge in [-0.15, -0.1) is 0 Å². The van der Waals surface area contributed by atoms with Crippen LogP contribution >= 0.6 is 12.2 Å². The Morgan fingerprint density at radius 3 is 2.41 bits per heavy atom. The predicted molar refractivity (Wildman–Crippen MR) is 159 cm³/mol. The van der Waals surface area contributed by atoms with Crippen molar-refractivity contribution in [2.45, 2.75) is 117 Å². The van der Waals surface area contributed by atoms with Gasteiger partial charge in [0.15, 0.2) is 0 Å². The number of nitrogens with one attached hydrogen (secondary N) is 3. The van der Waals surface area contributed by atoms with Crippen LogP contribution in [-0.2, 0) is 17.3 Å². The lowest BCUT2D eigenvalue weighted by Gasteiger charge is -2.70. The van der Waals surface area contributed by atoms with Crippen molar-refractivity contribution in [3.8, 4) is 0 Å². The molecule has 2 heterocycles. The lowest BCUT2D eigenvalue weighted by atomic mass is 9.33. The van der Waals surface area contributed by atoms with E-state index in [1.165, 1.54) is 62.6 Å². The zero-order valence-corrected chi connectivity index (χ0v) is 25.9. The fourth-order valence-electron chi connectivity index (χ4n) is 11.6. The summed E-state index contributed by atoms with van der Waals surface area (Å²) in [4.78, 5) is 4.88. The maximum absolute atomic E-state index is 6.49. The summed E-state index contributed by atoms with van der Waals surface area (Å²) in [5.41, 5.74) is 11.9. The number of nitrogens with two attached hydrogens (primary N) is 1. The van der Waals surface area contributed by atoms with Crippen molar-refractivity contribution in [1.29, 1.82) is 0 Å². The largest absolute Gasteiger partial charge is 0.382 e. The van der Waals surface area contributed by atoms with Gasteiger partial charge in [0.25, 0.3) is 0 Å². The van der Waals surface area contributed by atoms with Gasteiger partial charge in [0.05, 0.1) is 0 Å². The molecule has 2 aromatic rings. The first-order chi connectivity index (χ1) is 18.2. The molecule has 7 heteroatoms. The Morgan fingerprint density at radius 1 is 0.949 bits per heavy atom. The Kier molecular flexibility index (Phi) is 5.13. The first-order valence-corrected chi connectivity index (χ1v) is 15.8. The smallest absolute Gasteiger partial charge is 0.213 e. The average Bonchev–Trinajstić information content (AvgIpc) is 3.45. The van der Waals surface area contributed by atoms with Crippen LogP contribution in [0, 0.1) is 44.2 Å². The summed E-state index contributed by atoms with van der Waals surface area (Å²) < 4.78 is 0.588. The highest BCUT2D eigenvalue weighted by Gasteiger charge is 2.68. The Bertz CT molecular complexity index is 1430. The molecule has 0 radical (unpaired) electrons. The number of aromatic amines is 3. The van der Waals surface area contributed by atoms with E-state index in [1.807, 2.05) is 0 Å². The summed E-state index contributed by atoms with van der Waals surface area (Å²) in [5, 5.41) is 14.4. The molecule has 39 heavy (non-hydrogen) atoms. The highest BCUT2D eigenvalue weighted by Crippen LogP contribution is 2.75. The summed E-state index contributed by atoms with van der Waals surface area (Å²) in [6.07, 6.45) is 13.6. The van der Waals surface area contributed by atoms with Crippen LogP contribution in [0.5, 0.6) is 0 Å². The van der Waals surface area contributed by atoms with Crippen molar-refractivity contribution < 1.29 is 0 Å². The van der Waals surface area contributed by atoms with E-state index >= 15 is 0 Å². The fourth-order valence-corrected chi connectivity index (χ4v) is 11.8. The summed E-state index contributed by atoms with van der Waals surface area (Å²) in [7, 11) is 0. The normalized spacial score (nSPS) is 43.8. The number of nitrogens with zero attached hydrogens (tertiary/aromatic N) is 2. The molecule has 7 atom stereocenters. The molecule has 5 aliphatic rings.